The number of aromatic nitrogens is 1. The second-order valence-corrected chi connectivity index (χ2v) is 5.93. The molecule has 2 aliphatic carbocycles. The number of carbonyl (C=O) groups excluding carboxylic acids is 1. The van der Waals surface area contributed by atoms with Crippen LogP contribution in [0.2, 0.25) is 0 Å². The van der Waals surface area contributed by atoms with E-state index in [9.17, 15) is 4.79 Å². The van der Waals surface area contributed by atoms with E-state index >= 15 is 0 Å². The zero-order valence-electron chi connectivity index (χ0n) is 11.1. The molecular formula is C15H21N3O. The van der Waals surface area contributed by atoms with Crippen molar-refractivity contribution in [3.63, 3.8) is 0 Å². The summed E-state index contributed by atoms with van der Waals surface area (Å²) < 4.78 is 0. The molecule has 2 unspecified atom stereocenters. The van der Waals surface area contributed by atoms with Crippen LogP contribution in [0.1, 0.15) is 32.1 Å². The third-order valence-corrected chi connectivity index (χ3v) is 4.71. The maximum absolute atomic E-state index is 12.3. The van der Waals surface area contributed by atoms with Gasteiger partial charge in [-0.1, -0.05) is 6.42 Å². The standard InChI is InChI=1S/C15H21N3O/c16-14-10-3-1-4-11(14)8-12(7-10)15(19)18-13-5-2-6-17-9-13/h2,5-6,9-12,14H,1,3-4,7-8,16H2,(H,18,19). The van der Waals surface area contributed by atoms with Gasteiger partial charge < -0.3 is 11.1 Å². The molecule has 0 saturated heterocycles. The molecule has 3 N–H and O–H groups in total. The molecule has 0 spiro atoms. The van der Waals surface area contributed by atoms with Crippen molar-refractivity contribution >= 4 is 11.6 Å². The Hall–Kier alpha value is -1.42. The lowest BCUT2D eigenvalue weighted by atomic mass is 9.65. The zero-order chi connectivity index (χ0) is 13.2. The van der Waals surface area contributed by atoms with Gasteiger partial charge in [-0.05, 0) is 49.7 Å². The van der Waals surface area contributed by atoms with Gasteiger partial charge in [-0.15, -0.1) is 0 Å². The molecule has 0 radical (unpaired) electrons. The van der Waals surface area contributed by atoms with Crippen molar-refractivity contribution in [2.45, 2.75) is 38.1 Å². The van der Waals surface area contributed by atoms with E-state index in [1.807, 2.05) is 12.1 Å². The number of nitrogens with one attached hydrogen (secondary N) is 1. The van der Waals surface area contributed by atoms with Crippen molar-refractivity contribution in [1.29, 1.82) is 0 Å². The molecule has 1 aromatic heterocycles. The van der Waals surface area contributed by atoms with Gasteiger partial charge in [-0.3, -0.25) is 9.78 Å². The highest BCUT2D eigenvalue weighted by Crippen LogP contribution is 2.42. The molecular weight excluding hydrogens is 238 g/mol. The predicted octanol–water partition coefficient (Wildman–Crippen LogP) is 2.17. The summed E-state index contributed by atoms with van der Waals surface area (Å²) in [4.78, 5) is 16.3. The number of anilines is 1. The van der Waals surface area contributed by atoms with Crippen LogP contribution in [0.5, 0.6) is 0 Å². The van der Waals surface area contributed by atoms with Crippen LogP contribution in [0.25, 0.3) is 0 Å². The zero-order valence-corrected chi connectivity index (χ0v) is 11.1. The Morgan fingerprint density at radius 3 is 2.68 bits per heavy atom. The summed E-state index contributed by atoms with van der Waals surface area (Å²) in [5.74, 6) is 1.33. The van der Waals surface area contributed by atoms with Crippen LogP contribution < -0.4 is 11.1 Å². The third kappa shape index (κ3) is 2.63. The Bertz CT molecular complexity index is 434. The van der Waals surface area contributed by atoms with Gasteiger partial charge in [0.15, 0.2) is 0 Å². The monoisotopic (exact) mass is 259 g/mol. The van der Waals surface area contributed by atoms with Crippen LogP contribution in [0, 0.1) is 17.8 Å². The second-order valence-electron chi connectivity index (χ2n) is 5.93. The largest absolute Gasteiger partial charge is 0.327 e. The first-order valence-electron chi connectivity index (χ1n) is 7.20. The van der Waals surface area contributed by atoms with E-state index in [1.165, 1.54) is 19.3 Å². The summed E-state index contributed by atoms with van der Waals surface area (Å²) in [5, 5.41) is 2.97. The molecule has 2 atom stereocenters. The summed E-state index contributed by atoms with van der Waals surface area (Å²) in [6, 6.07) is 4.03. The Morgan fingerprint density at radius 1 is 1.32 bits per heavy atom. The van der Waals surface area contributed by atoms with Crippen LogP contribution in [-0.4, -0.2) is 16.9 Å². The van der Waals surface area contributed by atoms with E-state index < -0.39 is 0 Å². The van der Waals surface area contributed by atoms with Gasteiger partial charge in [-0.25, -0.2) is 0 Å². The fourth-order valence-electron chi connectivity index (χ4n) is 3.68. The van der Waals surface area contributed by atoms with Gasteiger partial charge in [0.25, 0.3) is 0 Å². The van der Waals surface area contributed by atoms with Crippen molar-refractivity contribution in [3.8, 4) is 0 Å². The summed E-state index contributed by atoms with van der Waals surface area (Å²) in [5.41, 5.74) is 7.04. The Kier molecular flexibility index (Phi) is 3.51. The molecule has 1 heterocycles. The molecule has 4 nitrogen and oxygen atoms in total. The third-order valence-electron chi connectivity index (χ3n) is 4.71. The van der Waals surface area contributed by atoms with E-state index in [-0.39, 0.29) is 11.8 Å². The summed E-state index contributed by atoms with van der Waals surface area (Å²) in [6.45, 7) is 0. The van der Waals surface area contributed by atoms with Gasteiger partial charge in [0, 0.05) is 18.2 Å². The predicted molar refractivity (Wildman–Crippen MR) is 74.4 cm³/mol. The summed E-state index contributed by atoms with van der Waals surface area (Å²) in [7, 11) is 0. The second kappa shape index (κ2) is 5.29. The van der Waals surface area contributed by atoms with Crippen molar-refractivity contribution in [3.05, 3.63) is 24.5 Å². The first kappa shape index (κ1) is 12.6. The maximum Gasteiger partial charge on any atom is 0.227 e. The van der Waals surface area contributed by atoms with Crippen molar-refractivity contribution in [2.75, 3.05) is 5.32 Å². The lowest BCUT2D eigenvalue weighted by molar-refractivity contribution is -0.122. The topological polar surface area (TPSA) is 68.0 Å². The molecule has 2 fully saturated rings. The minimum absolute atomic E-state index is 0.121. The number of amides is 1. The molecule has 4 heteroatoms. The molecule has 1 amide bonds. The Balaban J connectivity index is 1.65. The molecule has 0 aromatic carbocycles. The maximum atomic E-state index is 12.3. The number of carbonyl (C=O) groups is 1. The van der Waals surface area contributed by atoms with Crippen LogP contribution in [0.3, 0.4) is 0 Å². The molecule has 0 aliphatic heterocycles. The lowest BCUT2D eigenvalue weighted by Crippen LogP contribution is -2.48. The van der Waals surface area contributed by atoms with E-state index in [0.717, 1.165) is 18.5 Å². The smallest absolute Gasteiger partial charge is 0.227 e. The molecule has 2 aliphatic rings. The minimum atomic E-state index is 0.121. The van der Waals surface area contributed by atoms with Crippen LogP contribution in [-0.2, 0) is 4.79 Å². The first-order chi connectivity index (χ1) is 9.24. The Morgan fingerprint density at radius 2 is 2.05 bits per heavy atom. The number of nitrogens with two attached hydrogens (primary N) is 1. The highest BCUT2D eigenvalue weighted by atomic mass is 16.1. The fourth-order valence-corrected chi connectivity index (χ4v) is 3.68. The van der Waals surface area contributed by atoms with Crippen LogP contribution in [0.15, 0.2) is 24.5 Å². The molecule has 3 rings (SSSR count). The van der Waals surface area contributed by atoms with Crippen molar-refractivity contribution in [2.24, 2.45) is 23.5 Å². The van der Waals surface area contributed by atoms with Gasteiger partial charge in [-0.2, -0.15) is 0 Å². The normalized spacial score (nSPS) is 33.7. The highest BCUT2D eigenvalue weighted by Gasteiger charge is 2.40. The number of rotatable bonds is 2. The van der Waals surface area contributed by atoms with Gasteiger partial charge in [0.1, 0.15) is 0 Å². The number of fused-ring (bicyclic) bond motifs is 2. The average Bonchev–Trinajstić information content (AvgIpc) is 2.39. The van der Waals surface area contributed by atoms with Gasteiger partial charge in [0.05, 0.1) is 11.9 Å². The molecule has 102 valence electrons. The average molecular weight is 259 g/mol. The van der Waals surface area contributed by atoms with E-state index in [4.69, 9.17) is 5.73 Å². The summed E-state index contributed by atoms with van der Waals surface area (Å²) in [6.07, 6.45) is 8.95. The quantitative estimate of drug-likeness (QED) is 0.855. The SMILES string of the molecule is NC1C2CCCC1CC(C(=O)Nc1cccnc1)C2. The number of nitrogens with zero attached hydrogens (tertiary/aromatic N) is 1. The lowest BCUT2D eigenvalue weighted by Gasteiger charge is -2.43. The number of hydrogen-bond donors (Lipinski definition) is 2. The van der Waals surface area contributed by atoms with E-state index in [2.05, 4.69) is 10.3 Å². The number of hydrogen-bond acceptors (Lipinski definition) is 3. The van der Waals surface area contributed by atoms with Crippen LogP contribution in [0.4, 0.5) is 5.69 Å². The van der Waals surface area contributed by atoms with Crippen molar-refractivity contribution < 1.29 is 4.79 Å². The summed E-state index contributed by atoms with van der Waals surface area (Å²) >= 11 is 0. The van der Waals surface area contributed by atoms with Crippen LogP contribution >= 0.6 is 0 Å². The molecule has 2 bridgehead atoms. The minimum Gasteiger partial charge on any atom is -0.327 e. The first-order valence-corrected chi connectivity index (χ1v) is 7.20. The molecule has 19 heavy (non-hydrogen) atoms. The Labute approximate surface area is 113 Å². The van der Waals surface area contributed by atoms with E-state index in [1.54, 1.807) is 12.4 Å². The fraction of sp³-hybridized carbons (Fsp3) is 0.600. The van der Waals surface area contributed by atoms with Crippen molar-refractivity contribution in [1.82, 2.24) is 4.98 Å². The van der Waals surface area contributed by atoms with Gasteiger partial charge >= 0.3 is 0 Å². The molecule has 2 saturated carbocycles. The highest BCUT2D eigenvalue weighted by molar-refractivity contribution is 5.92. The number of pyridine rings is 1. The van der Waals surface area contributed by atoms with Gasteiger partial charge in [0.2, 0.25) is 5.91 Å². The van der Waals surface area contributed by atoms with E-state index in [0.29, 0.717) is 17.9 Å². The molecule has 1 aromatic rings.